The Bertz CT molecular complexity index is 607. The summed E-state index contributed by atoms with van der Waals surface area (Å²) >= 11 is 1.79. The zero-order valence-electron chi connectivity index (χ0n) is 13.9. The molecule has 2 rings (SSSR count). The molecule has 2 heterocycles. The number of aryl methyl sites for hydroxylation is 2. The number of halogens is 1. The highest BCUT2D eigenvalue weighted by Gasteiger charge is 2.03. The second kappa shape index (κ2) is 10.6. The third-order valence-electron chi connectivity index (χ3n) is 3.25. The number of guanidine groups is 1. The summed E-state index contributed by atoms with van der Waals surface area (Å²) in [5.41, 5.74) is 1.09. The molecular weight excluding hydrogens is 423 g/mol. The Labute approximate surface area is 158 Å². The minimum absolute atomic E-state index is 0. The van der Waals surface area contributed by atoms with E-state index in [1.165, 1.54) is 9.88 Å². The van der Waals surface area contributed by atoms with Crippen LogP contribution in [-0.4, -0.2) is 33.8 Å². The maximum atomic E-state index is 4.59. The first-order valence-corrected chi connectivity index (χ1v) is 8.47. The van der Waals surface area contributed by atoms with Crippen molar-refractivity contribution < 1.29 is 0 Å². The average Bonchev–Trinajstić information content (AvgIpc) is 3.13. The van der Waals surface area contributed by atoms with Gasteiger partial charge in [-0.05, 0) is 19.4 Å². The van der Waals surface area contributed by atoms with E-state index in [-0.39, 0.29) is 24.0 Å². The van der Waals surface area contributed by atoms with Crippen molar-refractivity contribution >= 4 is 41.3 Å². The van der Waals surface area contributed by atoms with E-state index >= 15 is 0 Å². The molecule has 0 aliphatic carbocycles. The molecule has 128 valence electrons. The summed E-state index contributed by atoms with van der Waals surface area (Å²) in [6, 6.07) is 1.98. The number of thiazole rings is 1. The second-order valence-electron chi connectivity index (χ2n) is 4.89. The van der Waals surface area contributed by atoms with Crippen LogP contribution in [0.4, 0.5) is 0 Å². The Morgan fingerprint density at radius 2 is 2.17 bits per heavy atom. The number of aliphatic imine (C=N–C) groups is 1. The standard InChI is InChI=1S/C15H24N6S.HI/c1-4-13-11-18-14(22-13)7-8-17-15(16-5-2)19-10-12-6-9-20-21(12)3;/h6,9,11H,4-5,7-8,10H2,1-3H3,(H2,16,17,19);1H. The smallest absolute Gasteiger partial charge is 0.191 e. The van der Waals surface area contributed by atoms with Gasteiger partial charge in [0.05, 0.1) is 17.2 Å². The highest BCUT2D eigenvalue weighted by atomic mass is 127. The molecule has 0 radical (unpaired) electrons. The van der Waals surface area contributed by atoms with Crippen LogP contribution < -0.4 is 10.6 Å². The van der Waals surface area contributed by atoms with Gasteiger partial charge in [-0.1, -0.05) is 6.92 Å². The van der Waals surface area contributed by atoms with Crippen molar-refractivity contribution in [2.75, 3.05) is 13.1 Å². The van der Waals surface area contributed by atoms with Gasteiger partial charge in [0.15, 0.2) is 5.96 Å². The Hall–Kier alpha value is -1.16. The van der Waals surface area contributed by atoms with Crippen LogP contribution in [0.2, 0.25) is 0 Å². The van der Waals surface area contributed by atoms with E-state index in [4.69, 9.17) is 0 Å². The predicted molar refractivity (Wildman–Crippen MR) is 107 cm³/mol. The van der Waals surface area contributed by atoms with Crippen LogP contribution in [0, 0.1) is 0 Å². The van der Waals surface area contributed by atoms with Crippen molar-refractivity contribution in [3.8, 4) is 0 Å². The van der Waals surface area contributed by atoms with Gasteiger partial charge < -0.3 is 10.6 Å². The first kappa shape index (κ1) is 19.9. The van der Waals surface area contributed by atoms with E-state index in [9.17, 15) is 0 Å². The molecule has 0 spiro atoms. The van der Waals surface area contributed by atoms with Crippen molar-refractivity contribution in [2.24, 2.45) is 12.0 Å². The molecule has 0 amide bonds. The lowest BCUT2D eigenvalue weighted by Gasteiger charge is -2.10. The molecule has 0 fully saturated rings. The van der Waals surface area contributed by atoms with Gasteiger partial charge in [0.25, 0.3) is 0 Å². The van der Waals surface area contributed by atoms with Gasteiger partial charge in [-0.3, -0.25) is 4.68 Å². The summed E-state index contributed by atoms with van der Waals surface area (Å²) in [5, 5.41) is 11.9. The fourth-order valence-electron chi connectivity index (χ4n) is 1.97. The van der Waals surface area contributed by atoms with Gasteiger partial charge in [-0.2, -0.15) is 5.10 Å². The number of hydrogen-bond donors (Lipinski definition) is 2. The van der Waals surface area contributed by atoms with Crippen LogP contribution in [0.15, 0.2) is 23.5 Å². The number of nitrogens with one attached hydrogen (secondary N) is 2. The summed E-state index contributed by atoms with van der Waals surface area (Å²) in [5.74, 6) is 0.830. The van der Waals surface area contributed by atoms with E-state index in [1.807, 2.05) is 24.0 Å². The molecule has 0 atom stereocenters. The number of hydrogen-bond acceptors (Lipinski definition) is 4. The van der Waals surface area contributed by atoms with Crippen molar-refractivity contribution in [3.63, 3.8) is 0 Å². The summed E-state index contributed by atoms with van der Waals surface area (Å²) < 4.78 is 1.84. The van der Waals surface area contributed by atoms with Crippen LogP contribution in [0.1, 0.15) is 29.4 Å². The largest absolute Gasteiger partial charge is 0.357 e. The average molecular weight is 448 g/mol. The van der Waals surface area contributed by atoms with Gasteiger partial charge >= 0.3 is 0 Å². The van der Waals surface area contributed by atoms with E-state index in [1.54, 1.807) is 17.5 Å². The lowest BCUT2D eigenvalue weighted by atomic mass is 10.4. The number of rotatable bonds is 7. The van der Waals surface area contributed by atoms with Crippen molar-refractivity contribution in [1.82, 2.24) is 25.4 Å². The van der Waals surface area contributed by atoms with Crippen molar-refractivity contribution in [3.05, 3.63) is 34.0 Å². The van der Waals surface area contributed by atoms with Crippen LogP contribution in [-0.2, 0) is 26.4 Å². The van der Waals surface area contributed by atoms with E-state index in [0.717, 1.165) is 37.6 Å². The molecule has 2 aromatic rings. The molecule has 0 aliphatic heterocycles. The van der Waals surface area contributed by atoms with Crippen LogP contribution >= 0.6 is 35.3 Å². The van der Waals surface area contributed by atoms with E-state index in [2.05, 4.69) is 39.6 Å². The Morgan fingerprint density at radius 3 is 2.78 bits per heavy atom. The molecule has 0 aromatic carbocycles. The van der Waals surface area contributed by atoms with Gasteiger partial charge in [0.2, 0.25) is 0 Å². The van der Waals surface area contributed by atoms with E-state index in [0.29, 0.717) is 6.54 Å². The van der Waals surface area contributed by atoms with Gasteiger partial charge in [-0.15, -0.1) is 35.3 Å². The third kappa shape index (κ3) is 6.46. The first-order valence-electron chi connectivity index (χ1n) is 7.65. The normalized spacial score (nSPS) is 11.2. The Balaban J connectivity index is 0.00000264. The fraction of sp³-hybridized carbons (Fsp3) is 0.533. The molecule has 0 aliphatic rings. The molecule has 0 bridgehead atoms. The quantitative estimate of drug-likeness (QED) is 0.388. The van der Waals surface area contributed by atoms with Gasteiger partial charge in [-0.25, -0.2) is 9.98 Å². The maximum Gasteiger partial charge on any atom is 0.191 e. The Morgan fingerprint density at radius 1 is 1.35 bits per heavy atom. The van der Waals surface area contributed by atoms with Crippen LogP contribution in [0.3, 0.4) is 0 Å². The van der Waals surface area contributed by atoms with Crippen LogP contribution in [0.25, 0.3) is 0 Å². The fourth-order valence-corrected chi connectivity index (χ4v) is 2.84. The zero-order chi connectivity index (χ0) is 15.8. The predicted octanol–water partition coefficient (Wildman–Crippen LogP) is 2.35. The Kier molecular flexibility index (Phi) is 9.15. The zero-order valence-corrected chi connectivity index (χ0v) is 17.0. The molecule has 0 saturated carbocycles. The van der Waals surface area contributed by atoms with E-state index < -0.39 is 0 Å². The maximum absolute atomic E-state index is 4.59. The molecule has 8 heteroatoms. The lowest BCUT2D eigenvalue weighted by molar-refractivity contribution is 0.707. The topological polar surface area (TPSA) is 67.1 Å². The minimum atomic E-state index is 0. The number of nitrogens with zero attached hydrogens (tertiary/aromatic N) is 4. The lowest BCUT2D eigenvalue weighted by Crippen LogP contribution is -2.38. The number of aromatic nitrogens is 3. The monoisotopic (exact) mass is 448 g/mol. The summed E-state index contributed by atoms with van der Waals surface area (Å²) in [4.78, 5) is 10.4. The molecule has 0 unspecified atom stereocenters. The van der Waals surface area contributed by atoms with Gasteiger partial charge in [0, 0.05) is 43.8 Å². The first-order chi connectivity index (χ1) is 10.7. The molecule has 2 aromatic heterocycles. The third-order valence-corrected chi connectivity index (χ3v) is 4.45. The minimum Gasteiger partial charge on any atom is -0.357 e. The highest BCUT2D eigenvalue weighted by molar-refractivity contribution is 14.0. The molecule has 23 heavy (non-hydrogen) atoms. The summed E-state index contributed by atoms with van der Waals surface area (Å²) in [6.45, 7) is 6.50. The van der Waals surface area contributed by atoms with Crippen LogP contribution in [0.5, 0.6) is 0 Å². The highest BCUT2D eigenvalue weighted by Crippen LogP contribution is 2.13. The molecule has 0 saturated heterocycles. The molecule has 2 N–H and O–H groups in total. The van der Waals surface area contributed by atoms with Crippen molar-refractivity contribution in [2.45, 2.75) is 33.2 Å². The molecular formula is C15H25IN6S. The SMILES string of the molecule is CCNC(=NCc1ccnn1C)NCCc1ncc(CC)s1.I. The van der Waals surface area contributed by atoms with Crippen molar-refractivity contribution in [1.29, 1.82) is 0 Å². The summed E-state index contributed by atoms with van der Waals surface area (Å²) in [7, 11) is 1.93. The molecule has 6 nitrogen and oxygen atoms in total. The van der Waals surface area contributed by atoms with Gasteiger partial charge in [0.1, 0.15) is 0 Å². The summed E-state index contributed by atoms with van der Waals surface area (Å²) in [6.07, 6.45) is 5.74. The second-order valence-corrected chi connectivity index (χ2v) is 6.09.